The number of hydrogen-bond donors (Lipinski definition) is 2. The van der Waals surface area contributed by atoms with Crippen molar-refractivity contribution < 1.29 is 4.42 Å². The second-order valence-corrected chi connectivity index (χ2v) is 4.43. The van der Waals surface area contributed by atoms with Crippen molar-refractivity contribution in [2.45, 2.75) is 20.4 Å². The molecule has 0 fully saturated rings. The number of hydrogen-bond acceptors (Lipinski definition) is 3. The second-order valence-electron chi connectivity index (χ2n) is 4.43. The zero-order valence-electron chi connectivity index (χ0n) is 10.4. The molecule has 0 spiro atoms. The number of rotatable bonds is 2. The standard InChI is InChI=1S/C14H15N3O/c1-8-6-11(9(2)18-8)14-16-12-5-3-4-10(7-15)13(12)17-14/h3-6H,7,15H2,1-2H3,(H,16,17). The van der Waals surface area contributed by atoms with Gasteiger partial charge in [-0.3, -0.25) is 0 Å². The van der Waals surface area contributed by atoms with E-state index in [1.165, 1.54) is 0 Å². The van der Waals surface area contributed by atoms with Crippen LogP contribution < -0.4 is 5.73 Å². The summed E-state index contributed by atoms with van der Waals surface area (Å²) in [6.07, 6.45) is 0. The Morgan fingerprint density at radius 3 is 2.83 bits per heavy atom. The lowest BCUT2D eigenvalue weighted by Crippen LogP contribution is -1.96. The zero-order valence-corrected chi connectivity index (χ0v) is 10.4. The molecule has 0 aliphatic heterocycles. The molecule has 92 valence electrons. The van der Waals surface area contributed by atoms with Crippen LogP contribution in [-0.2, 0) is 6.54 Å². The maximum absolute atomic E-state index is 5.73. The number of aromatic nitrogens is 2. The fourth-order valence-corrected chi connectivity index (χ4v) is 2.25. The summed E-state index contributed by atoms with van der Waals surface area (Å²) in [5, 5.41) is 0. The Balaban J connectivity index is 2.22. The molecule has 0 radical (unpaired) electrons. The number of nitrogens with one attached hydrogen (secondary N) is 1. The van der Waals surface area contributed by atoms with Crippen LogP contribution in [0.2, 0.25) is 0 Å². The Morgan fingerprint density at radius 1 is 1.33 bits per heavy atom. The Morgan fingerprint density at radius 2 is 2.17 bits per heavy atom. The zero-order chi connectivity index (χ0) is 12.7. The smallest absolute Gasteiger partial charge is 0.142 e. The first kappa shape index (κ1) is 11.0. The SMILES string of the molecule is Cc1cc(-c2nc3c(CN)cccc3[nH]2)c(C)o1. The Bertz CT molecular complexity index is 709. The summed E-state index contributed by atoms with van der Waals surface area (Å²) >= 11 is 0. The quantitative estimate of drug-likeness (QED) is 0.724. The summed E-state index contributed by atoms with van der Waals surface area (Å²) in [5.41, 5.74) is 9.72. The number of H-pyrrole nitrogens is 1. The lowest BCUT2D eigenvalue weighted by atomic mass is 10.2. The average Bonchev–Trinajstić information content (AvgIpc) is 2.91. The molecular weight excluding hydrogens is 226 g/mol. The molecule has 0 saturated heterocycles. The van der Waals surface area contributed by atoms with Gasteiger partial charge in [0.25, 0.3) is 0 Å². The number of aryl methyl sites for hydroxylation is 2. The van der Waals surface area contributed by atoms with Gasteiger partial charge in [0.05, 0.1) is 16.6 Å². The number of nitrogens with zero attached hydrogens (tertiary/aromatic N) is 1. The number of para-hydroxylation sites is 1. The predicted octanol–water partition coefficient (Wildman–Crippen LogP) is 2.90. The molecule has 4 heteroatoms. The highest BCUT2D eigenvalue weighted by Gasteiger charge is 2.12. The van der Waals surface area contributed by atoms with Crippen LogP contribution in [0.15, 0.2) is 28.7 Å². The summed E-state index contributed by atoms with van der Waals surface area (Å²) in [5.74, 6) is 2.60. The monoisotopic (exact) mass is 241 g/mol. The molecule has 0 aliphatic carbocycles. The van der Waals surface area contributed by atoms with E-state index in [0.29, 0.717) is 6.54 Å². The summed E-state index contributed by atoms with van der Waals surface area (Å²) in [6, 6.07) is 7.99. The Hall–Kier alpha value is -2.07. The van der Waals surface area contributed by atoms with Crippen LogP contribution in [0.3, 0.4) is 0 Å². The number of aromatic amines is 1. The fraction of sp³-hybridized carbons (Fsp3) is 0.214. The molecule has 0 bridgehead atoms. The first-order valence-corrected chi connectivity index (χ1v) is 5.94. The highest BCUT2D eigenvalue weighted by Crippen LogP contribution is 2.27. The van der Waals surface area contributed by atoms with Crippen molar-refractivity contribution >= 4 is 11.0 Å². The summed E-state index contributed by atoms with van der Waals surface area (Å²) in [6.45, 7) is 4.37. The molecule has 4 nitrogen and oxygen atoms in total. The molecular formula is C14H15N3O. The molecule has 2 aromatic heterocycles. The highest BCUT2D eigenvalue weighted by molar-refractivity contribution is 5.82. The first-order valence-electron chi connectivity index (χ1n) is 5.94. The molecule has 0 atom stereocenters. The summed E-state index contributed by atoms with van der Waals surface area (Å²) in [7, 11) is 0. The third-order valence-electron chi connectivity index (χ3n) is 3.11. The van der Waals surface area contributed by atoms with E-state index in [1.807, 2.05) is 38.1 Å². The van der Waals surface area contributed by atoms with Crippen LogP contribution in [-0.4, -0.2) is 9.97 Å². The summed E-state index contributed by atoms with van der Waals surface area (Å²) < 4.78 is 5.54. The van der Waals surface area contributed by atoms with Crippen LogP contribution in [0.1, 0.15) is 17.1 Å². The lowest BCUT2D eigenvalue weighted by molar-refractivity contribution is 0.505. The number of nitrogens with two attached hydrogens (primary N) is 1. The van der Waals surface area contributed by atoms with E-state index >= 15 is 0 Å². The minimum Gasteiger partial charge on any atom is -0.466 e. The van der Waals surface area contributed by atoms with E-state index in [-0.39, 0.29) is 0 Å². The van der Waals surface area contributed by atoms with E-state index in [9.17, 15) is 0 Å². The van der Waals surface area contributed by atoms with Gasteiger partial charge in [-0.25, -0.2) is 4.98 Å². The lowest BCUT2D eigenvalue weighted by Gasteiger charge is -1.95. The van der Waals surface area contributed by atoms with Gasteiger partial charge in [0.1, 0.15) is 17.3 Å². The van der Waals surface area contributed by atoms with E-state index in [2.05, 4.69) is 9.97 Å². The molecule has 3 aromatic rings. The van der Waals surface area contributed by atoms with Gasteiger partial charge < -0.3 is 15.1 Å². The Labute approximate surface area is 105 Å². The maximum atomic E-state index is 5.73. The van der Waals surface area contributed by atoms with Crippen molar-refractivity contribution in [3.8, 4) is 11.4 Å². The van der Waals surface area contributed by atoms with Crippen LogP contribution in [0, 0.1) is 13.8 Å². The van der Waals surface area contributed by atoms with E-state index < -0.39 is 0 Å². The minimum absolute atomic E-state index is 0.491. The first-order chi connectivity index (χ1) is 8.69. The fourth-order valence-electron chi connectivity index (χ4n) is 2.25. The largest absolute Gasteiger partial charge is 0.466 e. The van der Waals surface area contributed by atoms with E-state index in [1.54, 1.807) is 0 Å². The molecule has 2 heterocycles. The number of benzene rings is 1. The van der Waals surface area contributed by atoms with Crippen LogP contribution in [0.25, 0.3) is 22.4 Å². The van der Waals surface area contributed by atoms with Crippen molar-refractivity contribution in [2.75, 3.05) is 0 Å². The summed E-state index contributed by atoms with van der Waals surface area (Å²) in [4.78, 5) is 7.95. The molecule has 3 N–H and O–H groups in total. The van der Waals surface area contributed by atoms with Crippen LogP contribution in [0.5, 0.6) is 0 Å². The predicted molar refractivity (Wildman–Crippen MR) is 71.2 cm³/mol. The molecule has 3 rings (SSSR count). The van der Waals surface area contributed by atoms with Crippen LogP contribution in [0.4, 0.5) is 0 Å². The third kappa shape index (κ3) is 1.62. The maximum Gasteiger partial charge on any atom is 0.142 e. The van der Waals surface area contributed by atoms with E-state index in [4.69, 9.17) is 10.2 Å². The van der Waals surface area contributed by atoms with Gasteiger partial charge in [0.15, 0.2) is 0 Å². The van der Waals surface area contributed by atoms with Crippen molar-refractivity contribution in [1.82, 2.24) is 9.97 Å². The highest BCUT2D eigenvalue weighted by atomic mass is 16.3. The second kappa shape index (κ2) is 3.99. The average molecular weight is 241 g/mol. The van der Waals surface area contributed by atoms with Crippen molar-refractivity contribution in [3.63, 3.8) is 0 Å². The third-order valence-corrected chi connectivity index (χ3v) is 3.11. The van der Waals surface area contributed by atoms with Gasteiger partial charge in [0.2, 0.25) is 0 Å². The molecule has 0 aliphatic rings. The van der Waals surface area contributed by atoms with Crippen molar-refractivity contribution in [3.05, 3.63) is 41.3 Å². The number of fused-ring (bicyclic) bond motifs is 1. The number of furan rings is 1. The molecule has 1 aromatic carbocycles. The van der Waals surface area contributed by atoms with Gasteiger partial charge in [-0.05, 0) is 31.5 Å². The van der Waals surface area contributed by atoms with Crippen molar-refractivity contribution in [2.24, 2.45) is 5.73 Å². The molecule has 18 heavy (non-hydrogen) atoms. The minimum atomic E-state index is 0.491. The van der Waals surface area contributed by atoms with Crippen LogP contribution >= 0.6 is 0 Å². The van der Waals surface area contributed by atoms with Gasteiger partial charge in [0, 0.05) is 6.54 Å². The van der Waals surface area contributed by atoms with Gasteiger partial charge >= 0.3 is 0 Å². The van der Waals surface area contributed by atoms with Gasteiger partial charge in [-0.2, -0.15) is 0 Å². The topological polar surface area (TPSA) is 67.8 Å². The molecule has 0 saturated carbocycles. The van der Waals surface area contributed by atoms with Crippen molar-refractivity contribution in [1.29, 1.82) is 0 Å². The molecule has 0 amide bonds. The normalized spacial score (nSPS) is 11.3. The Kier molecular flexibility index (Phi) is 2.45. The number of imidazole rings is 1. The van der Waals surface area contributed by atoms with E-state index in [0.717, 1.165) is 39.5 Å². The molecule has 0 unspecified atom stereocenters. The van der Waals surface area contributed by atoms with Gasteiger partial charge in [-0.15, -0.1) is 0 Å². The van der Waals surface area contributed by atoms with Gasteiger partial charge in [-0.1, -0.05) is 12.1 Å².